The molecule has 0 saturated heterocycles. The van der Waals surface area contributed by atoms with Gasteiger partial charge in [0.15, 0.2) is 0 Å². The number of nitrogens with zero attached hydrogens (tertiary/aromatic N) is 2. The first-order valence-electron chi connectivity index (χ1n) is 9.87. The molecule has 0 fully saturated rings. The van der Waals surface area contributed by atoms with Gasteiger partial charge in [-0.2, -0.15) is 0 Å². The SMILES string of the molecule is Cc1nc(C(C)(C)C)nc2sc(C(=O)NCCc3c[nH]c4ccccc34)c(C)c12. The first-order chi connectivity index (χ1) is 13.8. The van der Waals surface area contributed by atoms with Crippen molar-refractivity contribution < 1.29 is 4.79 Å². The Bertz CT molecular complexity index is 1210. The summed E-state index contributed by atoms with van der Waals surface area (Å²) in [4.78, 5) is 27.2. The van der Waals surface area contributed by atoms with Crippen LogP contribution in [0, 0.1) is 13.8 Å². The van der Waals surface area contributed by atoms with Crippen LogP contribution in [0.3, 0.4) is 0 Å². The highest BCUT2D eigenvalue weighted by Gasteiger charge is 2.23. The van der Waals surface area contributed by atoms with E-state index in [-0.39, 0.29) is 11.3 Å². The van der Waals surface area contributed by atoms with Crippen LogP contribution in [-0.2, 0) is 11.8 Å². The second kappa shape index (κ2) is 7.26. The van der Waals surface area contributed by atoms with Crippen LogP contribution in [0.5, 0.6) is 0 Å². The molecule has 6 heteroatoms. The third-order valence-corrected chi connectivity index (χ3v) is 6.39. The standard InChI is InChI=1S/C23H26N4OS/c1-13-18-14(2)26-22(23(3,4)5)27-21(18)29-19(13)20(28)24-11-10-15-12-25-17-9-7-6-8-16(15)17/h6-9,12,25H,10-11H2,1-5H3,(H,24,28). The minimum Gasteiger partial charge on any atom is -0.361 e. The Balaban J connectivity index is 1.54. The molecule has 1 aromatic carbocycles. The van der Waals surface area contributed by atoms with Crippen molar-refractivity contribution in [2.75, 3.05) is 6.54 Å². The first kappa shape index (κ1) is 19.6. The number of nitrogens with one attached hydrogen (secondary N) is 2. The lowest BCUT2D eigenvalue weighted by atomic mass is 9.95. The number of para-hydroxylation sites is 1. The molecule has 29 heavy (non-hydrogen) atoms. The lowest BCUT2D eigenvalue weighted by Crippen LogP contribution is -2.25. The van der Waals surface area contributed by atoms with Gasteiger partial charge in [-0.3, -0.25) is 4.79 Å². The van der Waals surface area contributed by atoms with E-state index in [1.54, 1.807) is 0 Å². The topological polar surface area (TPSA) is 70.7 Å². The number of rotatable bonds is 4. The van der Waals surface area contributed by atoms with Crippen molar-refractivity contribution in [3.63, 3.8) is 0 Å². The van der Waals surface area contributed by atoms with E-state index in [1.165, 1.54) is 22.3 Å². The van der Waals surface area contributed by atoms with E-state index in [4.69, 9.17) is 9.97 Å². The second-order valence-corrected chi connectivity index (χ2v) is 9.48. The Kier molecular flexibility index (Phi) is 4.90. The fourth-order valence-electron chi connectivity index (χ4n) is 3.62. The number of aromatic nitrogens is 3. The van der Waals surface area contributed by atoms with Gasteiger partial charge in [-0.05, 0) is 37.5 Å². The Morgan fingerprint density at radius 3 is 2.69 bits per heavy atom. The Hall–Kier alpha value is -2.73. The zero-order valence-electron chi connectivity index (χ0n) is 17.5. The molecule has 0 unspecified atom stereocenters. The van der Waals surface area contributed by atoms with Gasteiger partial charge in [0.2, 0.25) is 0 Å². The first-order valence-corrected chi connectivity index (χ1v) is 10.7. The van der Waals surface area contributed by atoms with Crippen LogP contribution < -0.4 is 5.32 Å². The predicted molar refractivity (Wildman–Crippen MR) is 120 cm³/mol. The smallest absolute Gasteiger partial charge is 0.261 e. The summed E-state index contributed by atoms with van der Waals surface area (Å²) >= 11 is 1.46. The van der Waals surface area contributed by atoms with E-state index >= 15 is 0 Å². The number of thiophene rings is 1. The van der Waals surface area contributed by atoms with Gasteiger partial charge in [0.25, 0.3) is 5.91 Å². The van der Waals surface area contributed by atoms with Gasteiger partial charge >= 0.3 is 0 Å². The van der Waals surface area contributed by atoms with Gasteiger partial charge in [0.1, 0.15) is 10.7 Å². The van der Waals surface area contributed by atoms with Crippen molar-refractivity contribution >= 4 is 38.4 Å². The Labute approximate surface area is 174 Å². The molecule has 4 rings (SSSR count). The molecule has 0 atom stereocenters. The quantitative estimate of drug-likeness (QED) is 0.498. The van der Waals surface area contributed by atoms with Gasteiger partial charge in [0, 0.05) is 34.4 Å². The van der Waals surface area contributed by atoms with Crippen LogP contribution in [0.2, 0.25) is 0 Å². The Morgan fingerprint density at radius 1 is 1.17 bits per heavy atom. The maximum atomic E-state index is 12.9. The van der Waals surface area contributed by atoms with Crippen LogP contribution in [0.15, 0.2) is 30.5 Å². The average molecular weight is 407 g/mol. The highest BCUT2D eigenvalue weighted by molar-refractivity contribution is 7.20. The molecule has 0 aliphatic heterocycles. The maximum Gasteiger partial charge on any atom is 0.261 e. The molecule has 0 radical (unpaired) electrons. The molecule has 0 aliphatic carbocycles. The van der Waals surface area contributed by atoms with Crippen molar-refractivity contribution in [3.8, 4) is 0 Å². The number of amides is 1. The highest BCUT2D eigenvalue weighted by atomic mass is 32.1. The third-order valence-electron chi connectivity index (χ3n) is 5.20. The van der Waals surface area contributed by atoms with Crippen molar-refractivity contribution in [3.05, 3.63) is 58.0 Å². The second-order valence-electron chi connectivity index (χ2n) is 8.48. The number of aryl methyl sites for hydroxylation is 2. The number of carbonyl (C=O) groups is 1. The van der Waals surface area contributed by atoms with Crippen LogP contribution in [0.1, 0.15) is 53.1 Å². The largest absolute Gasteiger partial charge is 0.361 e. The highest BCUT2D eigenvalue weighted by Crippen LogP contribution is 2.33. The average Bonchev–Trinajstić information content (AvgIpc) is 3.22. The molecule has 0 aliphatic rings. The van der Waals surface area contributed by atoms with Crippen LogP contribution >= 0.6 is 11.3 Å². The van der Waals surface area contributed by atoms with E-state index < -0.39 is 0 Å². The lowest BCUT2D eigenvalue weighted by molar-refractivity contribution is 0.0957. The summed E-state index contributed by atoms with van der Waals surface area (Å²) in [6.07, 6.45) is 2.81. The zero-order valence-corrected chi connectivity index (χ0v) is 18.3. The summed E-state index contributed by atoms with van der Waals surface area (Å²) in [5.41, 5.74) is 4.11. The molecule has 3 heterocycles. The van der Waals surface area contributed by atoms with Crippen molar-refractivity contribution in [1.29, 1.82) is 0 Å². The lowest BCUT2D eigenvalue weighted by Gasteiger charge is -2.16. The third kappa shape index (κ3) is 3.65. The number of H-pyrrole nitrogens is 1. The molecule has 150 valence electrons. The Morgan fingerprint density at radius 2 is 1.93 bits per heavy atom. The van der Waals surface area contributed by atoms with Gasteiger partial charge < -0.3 is 10.3 Å². The van der Waals surface area contributed by atoms with Crippen LogP contribution in [0.4, 0.5) is 0 Å². The summed E-state index contributed by atoms with van der Waals surface area (Å²) in [5.74, 6) is 0.775. The molecular weight excluding hydrogens is 380 g/mol. The number of fused-ring (bicyclic) bond motifs is 2. The summed E-state index contributed by atoms with van der Waals surface area (Å²) in [6, 6.07) is 8.22. The number of benzene rings is 1. The fourth-order valence-corrected chi connectivity index (χ4v) is 4.77. The molecule has 0 spiro atoms. The normalized spacial score (nSPS) is 12.0. The summed E-state index contributed by atoms with van der Waals surface area (Å²) in [6.45, 7) is 10.9. The molecule has 3 aromatic heterocycles. The summed E-state index contributed by atoms with van der Waals surface area (Å²) < 4.78 is 0. The molecule has 4 aromatic rings. The minimum absolute atomic E-state index is 0.0398. The van der Waals surface area contributed by atoms with E-state index in [2.05, 4.69) is 43.2 Å². The molecule has 5 nitrogen and oxygen atoms in total. The monoisotopic (exact) mass is 406 g/mol. The van der Waals surface area contributed by atoms with Crippen LogP contribution in [0.25, 0.3) is 21.1 Å². The molecule has 1 amide bonds. The number of carbonyl (C=O) groups excluding carboxylic acids is 1. The van der Waals surface area contributed by atoms with Crippen molar-refractivity contribution in [2.45, 2.75) is 46.5 Å². The molecule has 0 bridgehead atoms. The van der Waals surface area contributed by atoms with Gasteiger partial charge in [-0.25, -0.2) is 9.97 Å². The summed E-state index contributed by atoms with van der Waals surface area (Å²) in [7, 11) is 0. The molecule has 2 N–H and O–H groups in total. The number of aromatic amines is 1. The van der Waals surface area contributed by atoms with Gasteiger partial charge in [-0.15, -0.1) is 11.3 Å². The minimum atomic E-state index is -0.126. The predicted octanol–water partition coefficient (Wildman–Crippen LogP) is 5.06. The number of hydrogen-bond acceptors (Lipinski definition) is 4. The van der Waals surface area contributed by atoms with Crippen molar-refractivity contribution in [2.24, 2.45) is 0 Å². The zero-order chi connectivity index (χ0) is 20.8. The van der Waals surface area contributed by atoms with E-state index in [9.17, 15) is 4.79 Å². The van der Waals surface area contributed by atoms with Gasteiger partial charge in [0.05, 0.1) is 10.6 Å². The van der Waals surface area contributed by atoms with E-state index in [0.717, 1.165) is 44.1 Å². The van der Waals surface area contributed by atoms with Crippen LogP contribution in [-0.4, -0.2) is 27.4 Å². The van der Waals surface area contributed by atoms with E-state index in [0.29, 0.717) is 6.54 Å². The number of hydrogen-bond donors (Lipinski definition) is 2. The molecule has 0 saturated carbocycles. The maximum absolute atomic E-state index is 12.9. The van der Waals surface area contributed by atoms with Crippen molar-refractivity contribution in [1.82, 2.24) is 20.3 Å². The van der Waals surface area contributed by atoms with Gasteiger partial charge in [-0.1, -0.05) is 39.0 Å². The molecular formula is C23H26N4OS. The summed E-state index contributed by atoms with van der Waals surface area (Å²) in [5, 5.41) is 5.29. The fraction of sp³-hybridized carbons (Fsp3) is 0.348. The van der Waals surface area contributed by atoms with E-state index in [1.807, 2.05) is 32.2 Å².